The summed E-state index contributed by atoms with van der Waals surface area (Å²) in [5.41, 5.74) is 14.6. The normalized spacial score (nSPS) is 13.0. The van der Waals surface area contributed by atoms with Crippen molar-refractivity contribution in [1.29, 1.82) is 5.41 Å². The predicted octanol–water partition coefficient (Wildman–Crippen LogP) is 0.855. The van der Waals surface area contributed by atoms with Crippen molar-refractivity contribution >= 4 is 23.3 Å². The Bertz CT molecular complexity index is 866. The molecule has 0 fully saturated rings. The first kappa shape index (κ1) is 19.5. The lowest BCUT2D eigenvalue weighted by Crippen LogP contribution is -2.22. The molecular weight excluding hydrogens is 346 g/mol. The summed E-state index contributed by atoms with van der Waals surface area (Å²) in [6, 6.07) is 10.5. The number of nitrogens with two attached hydrogens (primary N) is 2. The molecule has 2 aromatic rings. The molecule has 2 rings (SSSR count). The maximum atomic E-state index is 7.51. The number of hydrogen-bond donors (Lipinski definition) is 4. The lowest BCUT2D eigenvalue weighted by Gasteiger charge is -2.05. The molecule has 0 amide bonds. The molecule has 0 saturated carbocycles. The molecule has 11 heteroatoms. The highest BCUT2D eigenvalue weighted by atomic mass is 15.4. The predicted molar refractivity (Wildman–Crippen MR) is 104 cm³/mol. The van der Waals surface area contributed by atoms with Crippen molar-refractivity contribution in [3.63, 3.8) is 0 Å². The molecule has 0 aliphatic heterocycles. The van der Waals surface area contributed by atoms with E-state index in [1.165, 1.54) is 0 Å². The molecule has 0 bridgehead atoms. The third kappa shape index (κ3) is 6.51. The highest BCUT2D eigenvalue weighted by Crippen LogP contribution is 2.01. The van der Waals surface area contributed by atoms with Crippen LogP contribution in [0.3, 0.4) is 0 Å². The van der Waals surface area contributed by atoms with Crippen LogP contribution in [-0.4, -0.2) is 39.9 Å². The standard InChI is InChI=1S/C16H19N11/c1-11(18)22-24-15(12-6-2-4-8-20-12)26-27-16(25-23-14(19)10-17)13-7-3-5-9-21-13/h2-9,19H,10,17H2,1H3,(H2,18,22)(H,24,26)/b19-14?,25-23-,27-16+. The number of rotatable bonds is 5. The molecule has 2 heterocycles. The van der Waals surface area contributed by atoms with Crippen LogP contribution in [-0.2, 0) is 0 Å². The van der Waals surface area contributed by atoms with Gasteiger partial charge < -0.3 is 11.5 Å². The number of hydrogen-bond acceptors (Lipinski definition) is 7. The fourth-order valence-electron chi connectivity index (χ4n) is 1.64. The van der Waals surface area contributed by atoms with Gasteiger partial charge in [-0.15, -0.1) is 25.5 Å². The zero-order valence-corrected chi connectivity index (χ0v) is 14.6. The summed E-state index contributed by atoms with van der Waals surface area (Å²) in [5.74, 6) is 0.555. The SMILES string of the molecule is C/C(N)=N/N=C(\N/N=C(/N=N\C(=N)CN)c1ccccn1)c1ccccn1. The number of nitrogens with zero attached hydrogens (tertiary/aromatic N) is 7. The van der Waals surface area contributed by atoms with Gasteiger partial charge in [0, 0.05) is 12.4 Å². The van der Waals surface area contributed by atoms with E-state index < -0.39 is 0 Å². The van der Waals surface area contributed by atoms with Crippen LogP contribution in [0.4, 0.5) is 0 Å². The maximum Gasteiger partial charge on any atom is 0.219 e. The highest BCUT2D eigenvalue weighted by molar-refractivity contribution is 6.01. The first-order chi connectivity index (χ1) is 13.1. The summed E-state index contributed by atoms with van der Waals surface area (Å²) in [5, 5.41) is 27.2. The zero-order chi connectivity index (χ0) is 19.5. The first-order valence-corrected chi connectivity index (χ1v) is 7.83. The second kappa shape index (κ2) is 10.2. The largest absolute Gasteiger partial charge is 0.386 e. The van der Waals surface area contributed by atoms with Gasteiger partial charge in [-0.2, -0.15) is 0 Å². The first-order valence-electron chi connectivity index (χ1n) is 7.83. The van der Waals surface area contributed by atoms with Gasteiger partial charge in [-0.05, 0) is 31.2 Å². The van der Waals surface area contributed by atoms with E-state index in [1.807, 2.05) is 0 Å². The average Bonchev–Trinajstić information content (AvgIpc) is 2.71. The maximum absolute atomic E-state index is 7.51. The van der Waals surface area contributed by atoms with Crippen molar-refractivity contribution in [3.8, 4) is 0 Å². The number of azo groups is 1. The molecule has 27 heavy (non-hydrogen) atoms. The molecule has 138 valence electrons. The van der Waals surface area contributed by atoms with E-state index in [-0.39, 0.29) is 29.9 Å². The van der Waals surface area contributed by atoms with Crippen LogP contribution < -0.4 is 16.9 Å². The van der Waals surface area contributed by atoms with Crippen molar-refractivity contribution in [2.45, 2.75) is 6.92 Å². The van der Waals surface area contributed by atoms with Crippen LogP contribution in [0.15, 0.2) is 74.3 Å². The Morgan fingerprint density at radius 2 is 1.70 bits per heavy atom. The summed E-state index contributed by atoms with van der Waals surface area (Å²) in [6.07, 6.45) is 3.20. The second-order valence-electron chi connectivity index (χ2n) is 5.02. The van der Waals surface area contributed by atoms with Crippen molar-refractivity contribution < 1.29 is 0 Å². The van der Waals surface area contributed by atoms with Gasteiger partial charge in [0.1, 0.15) is 17.2 Å². The van der Waals surface area contributed by atoms with E-state index in [4.69, 9.17) is 16.9 Å². The molecule has 0 saturated heterocycles. The van der Waals surface area contributed by atoms with E-state index in [0.29, 0.717) is 11.4 Å². The Morgan fingerprint density at radius 3 is 2.26 bits per heavy atom. The smallest absolute Gasteiger partial charge is 0.219 e. The number of amidine groups is 4. The van der Waals surface area contributed by atoms with E-state index in [0.717, 1.165) is 0 Å². The number of aromatic nitrogens is 2. The number of nitrogens with one attached hydrogen (secondary N) is 2. The molecule has 0 spiro atoms. The van der Waals surface area contributed by atoms with Crippen LogP contribution in [0, 0.1) is 5.41 Å². The molecule has 0 radical (unpaired) electrons. The molecule has 6 N–H and O–H groups in total. The van der Waals surface area contributed by atoms with Crippen LogP contribution >= 0.6 is 0 Å². The topological polar surface area (TPSA) is 176 Å². The number of hydrazone groups is 1. The molecule has 2 aromatic heterocycles. The Kier molecular flexibility index (Phi) is 7.36. The van der Waals surface area contributed by atoms with Crippen molar-refractivity contribution in [2.75, 3.05) is 6.54 Å². The van der Waals surface area contributed by atoms with E-state index in [1.54, 1.807) is 55.7 Å². The summed E-state index contributed by atoms with van der Waals surface area (Å²) in [4.78, 5) is 8.38. The Labute approximate surface area is 155 Å². The molecule has 0 atom stereocenters. The fraction of sp³-hybridized carbons (Fsp3) is 0.125. The van der Waals surface area contributed by atoms with E-state index in [2.05, 4.69) is 40.9 Å². The number of pyridine rings is 2. The van der Waals surface area contributed by atoms with Crippen LogP contribution in [0.5, 0.6) is 0 Å². The van der Waals surface area contributed by atoms with Gasteiger partial charge in [0.05, 0.1) is 6.54 Å². The third-order valence-electron chi connectivity index (χ3n) is 2.84. The van der Waals surface area contributed by atoms with Gasteiger partial charge in [0.2, 0.25) is 5.84 Å². The Morgan fingerprint density at radius 1 is 1.04 bits per heavy atom. The minimum atomic E-state index is -0.0967. The molecule has 0 unspecified atom stereocenters. The Balaban J connectivity index is 2.38. The quantitative estimate of drug-likeness (QED) is 0.265. The third-order valence-corrected chi connectivity index (χ3v) is 2.84. The summed E-state index contributed by atoms with van der Waals surface area (Å²) >= 11 is 0. The molecule has 0 aliphatic rings. The zero-order valence-electron chi connectivity index (χ0n) is 14.6. The van der Waals surface area contributed by atoms with E-state index >= 15 is 0 Å². The minimum Gasteiger partial charge on any atom is -0.386 e. The van der Waals surface area contributed by atoms with Crippen LogP contribution in [0.2, 0.25) is 0 Å². The van der Waals surface area contributed by atoms with Crippen LogP contribution in [0.1, 0.15) is 18.3 Å². The molecule has 0 aromatic carbocycles. The Hall–Kier alpha value is -3.86. The fourth-order valence-corrected chi connectivity index (χ4v) is 1.64. The molecular formula is C16H19N11. The van der Waals surface area contributed by atoms with Gasteiger partial charge in [0.25, 0.3) is 0 Å². The molecule has 11 nitrogen and oxygen atoms in total. The lowest BCUT2D eigenvalue weighted by atomic mass is 10.3. The van der Waals surface area contributed by atoms with Gasteiger partial charge in [-0.1, -0.05) is 12.1 Å². The minimum absolute atomic E-state index is 0.0441. The lowest BCUT2D eigenvalue weighted by molar-refractivity contribution is 0.976. The summed E-state index contributed by atoms with van der Waals surface area (Å²) in [6.45, 7) is 1.56. The summed E-state index contributed by atoms with van der Waals surface area (Å²) < 4.78 is 0. The van der Waals surface area contributed by atoms with Gasteiger partial charge >= 0.3 is 0 Å². The molecule has 0 aliphatic carbocycles. The highest BCUT2D eigenvalue weighted by Gasteiger charge is 2.08. The average molecular weight is 365 g/mol. The monoisotopic (exact) mass is 365 g/mol. The second-order valence-corrected chi connectivity index (χ2v) is 5.02. The van der Waals surface area contributed by atoms with Gasteiger partial charge in [-0.3, -0.25) is 20.8 Å². The van der Waals surface area contributed by atoms with Gasteiger partial charge in [-0.25, -0.2) is 0 Å². The van der Waals surface area contributed by atoms with Crippen molar-refractivity contribution in [2.24, 2.45) is 37.0 Å². The van der Waals surface area contributed by atoms with Crippen LogP contribution in [0.25, 0.3) is 0 Å². The van der Waals surface area contributed by atoms with E-state index in [9.17, 15) is 0 Å². The van der Waals surface area contributed by atoms with Gasteiger partial charge in [0.15, 0.2) is 11.7 Å². The van der Waals surface area contributed by atoms with Crippen molar-refractivity contribution in [1.82, 2.24) is 15.4 Å². The van der Waals surface area contributed by atoms with Crippen molar-refractivity contribution in [3.05, 3.63) is 60.2 Å². The summed E-state index contributed by atoms with van der Waals surface area (Å²) in [7, 11) is 0.